The Morgan fingerprint density at radius 3 is 2.29 bits per heavy atom. The van der Waals surface area contributed by atoms with E-state index in [1.54, 1.807) is 18.2 Å². The van der Waals surface area contributed by atoms with E-state index in [9.17, 15) is 27.9 Å². The summed E-state index contributed by atoms with van der Waals surface area (Å²) < 4.78 is 51.5. The summed E-state index contributed by atoms with van der Waals surface area (Å²) in [4.78, 5) is 26.3. The molecule has 2 aromatic carbocycles. The van der Waals surface area contributed by atoms with Gasteiger partial charge in [0.15, 0.2) is 6.10 Å². The van der Waals surface area contributed by atoms with Gasteiger partial charge in [0.05, 0.1) is 0 Å². The molecule has 0 aliphatic heterocycles. The maximum Gasteiger partial charge on any atom is 0.422 e. The van der Waals surface area contributed by atoms with Gasteiger partial charge in [-0.2, -0.15) is 18.2 Å². The van der Waals surface area contributed by atoms with Gasteiger partial charge in [-0.05, 0) is 5.56 Å². The van der Waals surface area contributed by atoms with E-state index in [4.69, 9.17) is 14.2 Å². The summed E-state index contributed by atoms with van der Waals surface area (Å²) >= 11 is 0. The molecule has 0 fully saturated rings. The topological polar surface area (TPSA) is 152 Å². The van der Waals surface area contributed by atoms with Gasteiger partial charge in [-0.1, -0.05) is 64.9 Å². The number of nitrogens with one attached hydrogen (secondary N) is 1. The van der Waals surface area contributed by atoms with Gasteiger partial charge in [-0.25, -0.2) is 0 Å². The minimum absolute atomic E-state index is 0.0813. The van der Waals surface area contributed by atoms with Crippen LogP contribution in [0.15, 0.2) is 63.6 Å². The summed E-state index contributed by atoms with van der Waals surface area (Å²) in [7, 11) is 0. The molecule has 2 heterocycles. The molecule has 4 aromatic rings. The molecule has 0 saturated heterocycles. The first kappa shape index (κ1) is 23.6. The molecular weight excluding hydrogens is 473 g/mol. The molecule has 0 aliphatic rings. The Bertz CT molecular complexity index is 1350. The molecule has 0 radical (unpaired) electrons. The summed E-state index contributed by atoms with van der Waals surface area (Å²) in [5.41, 5.74) is -0.950. The fraction of sp³-hybridized carbons (Fsp3) is 0.136. The predicted molar refractivity (Wildman–Crippen MR) is 111 cm³/mol. The highest BCUT2D eigenvalue weighted by Crippen LogP contribution is 2.43. The first-order valence-electron chi connectivity index (χ1n) is 9.89. The number of hydrogen-bond donors (Lipinski definition) is 3. The number of aromatic nitrogens is 3. The van der Waals surface area contributed by atoms with Crippen LogP contribution in [0.3, 0.4) is 0 Å². The van der Waals surface area contributed by atoms with Gasteiger partial charge in [0.1, 0.15) is 17.8 Å². The fourth-order valence-electron chi connectivity index (χ4n) is 3.15. The van der Waals surface area contributed by atoms with Gasteiger partial charge in [0.2, 0.25) is 11.6 Å². The van der Waals surface area contributed by atoms with Crippen molar-refractivity contribution in [1.29, 1.82) is 0 Å². The molecule has 0 bridgehead atoms. The van der Waals surface area contributed by atoms with E-state index in [2.05, 4.69) is 15.3 Å². The number of carbonyl (C=O) groups is 2. The van der Waals surface area contributed by atoms with Crippen LogP contribution in [0.4, 0.5) is 13.2 Å². The lowest BCUT2D eigenvalue weighted by atomic mass is 10.1. The van der Waals surface area contributed by atoms with Crippen molar-refractivity contribution in [3.8, 4) is 34.3 Å². The number of alkyl halides is 3. The van der Waals surface area contributed by atoms with Gasteiger partial charge in [0, 0.05) is 11.1 Å². The highest BCUT2D eigenvalue weighted by atomic mass is 19.4. The average Bonchev–Trinajstić information content (AvgIpc) is 3.50. The van der Waals surface area contributed by atoms with Crippen molar-refractivity contribution in [1.82, 2.24) is 20.6 Å². The van der Waals surface area contributed by atoms with Gasteiger partial charge >= 0.3 is 12.1 Å². The van der Waals surface area contributed by atoms with Crippen molar-refractivity contribution >= 4 is 11.9 Å². The number of aliphatic carboxylic acids is 1. The Balaban J connectivity index is 1.60. The summed E-state index contributed by atoms with van der Waals surface area (Å²) in [5, 5.41) is 27.9. The summed E-state index contributed by atoms with van der Waals surface area (Å²) in [5.74, 6) is -3.55. The van der Waals surface area contributed by atoms with Crippen molar-refractivity contribution in [2.75, 3.05) is 6.54 Å². The average molecular weight is 488 g/mol. The number of aliphatic hydroxyl groups is 1. The molecular formula is C22H15F3N4O6. The minimum atomic E-state index is -4.83. The summed E-state index contributed by atoms with van der Waals surface area (Å²) in [6.45, 7) is -0.660. The highest BCUT2D eigenvalue weighted by molar-refractivity contribution is 5.85. The van der Waals surface area contributed by atoms with E-state index in [0.717, 1.165) is 0 Å². The van der Waals surface area contributed by atoms with Crippen LogP contribution in [0.2, 0.25) is 0 Å². The number of rotatable bonds is 7. The number of amides is 1. The largest absolute Gasteiger partial charge is 0.480 e. The molecule has 180 valence electrons. The van der Waals surface area contributed by atoms with Crippen LogP contribution in [0.1, 0.15) is 17.2 Å². The number of carboxylic acids is 1. The normalized spacial score (nSPS) is 12.3. The van der Waals surface area contributed by atoms with Gasteiger partial charge in [-0.3, -0.25) is 9.59 Å². The van der Waals surface area contributed by atoms with Crippen molar-refractivity contribution in [2.24, 2.45) is 0 Å². The fourth-order valence-corrected chi connectivity index (χ4v) is 3.15. The molecule has 0 spiro atoms. The molecule has 2 aromatic heterocycles. The first-order valence-corrected chi connectivity index (χ1v) is 9.89. The molecule has 0 aliphatic carbocycles. The standard InChI is InChI=1S/C22H15F3N4O6/c23-22(24,25)15-16(11-4-2-1-3-5-11)28-34-18(15)21-27-19(29-35-21)13-8-6-12(7-9-13)17(32)20(33)26-10-14(30)31/h1-9,17,32H,10H2,(H,26,33)(H,30,31). The van der Waals surface area contributed by atoms with Gasteiger partial charge in [0.25, 0.3) is 11.8 Å². The van der Waals surface area contributed by atoms with Crippen LogP contribution in [0.5, 0.6) is 0 Å². The van der Waals surface area contributed by atoms with Gasteiger partial charge in [-0.15, -0.1) is 0 Å². The van der Waals surface area contributed by atoms with Crippen molar-refractivity contribution < 1.29 is 42.0 Å². The number of halogens is 3. The first-order chi connectivity index (χ1) is 16.6. The zero-order valence-electron chi connectivity index (χ0n) is 17.5. The molecule has 1 unspecified atom stereocenters. The van der Waals surface area contributed by atoms with Crippen LogP contribution >= 0.6 is 0 Å². The third kappa shape index (κ3) is 5.04. The maximum absolute atomic E-state index is 13.8. The van der Waals surface area contributed by atoms with Crippen molar-refractivity contribution in [3.05, 3.63) is 65.7 Å². The lowest BCUT2D eigenvalue weighted by Crippen LogP contribution is -2.33. The number of aliphatic hydroxyl groups excluding tert-OH is 1. The third-order valence-corrected chi connectivity index (χ3v) is 4.79. The SMILES string of the molecule is O=C(O)CNC(=O)C(O)c1ccc(-c2noc(-c3onc(-c4ccccc4)c3C(F)(F)F)n2)cc1. The number of carboxylic acid groups (broad SMARTS) is 1. The molecule has 0 saturated carbocycles. The maximum atomic E-state index is 13.8. The molecule has 3 N–H and O–H groups in total. The van der Waals surface area contributed by atoms with E-state index in [1.165, 1.54) is 36.4 Å². The predicted octanol–water partition coefficient (Wildman–Crippen LogP) is 3.31. The quantitative estimate of drug-likeness (QED) is 0.356. The molecule has 10 nitrogen and oxygen atoms in total. The second-order valence-corrected chi connectivity index (χ2v) is 7.16. The summed E-state index contributed by atoms with van der Waals surface area (Å²) in [6.07, 6.45) is -6.46. The van der Waals surface area contributed by atoms with Crippen LogP contribution in [-0.2, 0) is 15.8 Å². The Morgan fingerprint density at radius 2 is 1.66 bits per heavy atom. The second-order valence-electron chi connectivity index (χ2n) is 7.16. The van der Waals surface area contributed by atoms with Crippen molar-refractivity contribution in [2.45, 2.75) is 12.3 Å². The monoisotopic (exact) mass is 488 g/mol. The Hall–Kier alpha value is -4.52. The molecule has 35 heavy (non-hydrogen) atoms. The third-order valence-electron chi connectivity index (χ3n) is 4.79. The highest BCUT2D eigenvalue weighted by Gasteiger charge is 2.42. The number of hydrogen-bond acceptors (Lipinski definition) is 8. The Labute approximate surface area is 194 Å². The minimum Gasteiger partial charge on any atom is -0.480 e. The van der Waals surface area contributed by atoms with Crippen LogP contribution in [-0.4, -0.2) is 43.9 Å². The summed E-state index contributed by atoms with van der Waals surface area (Å²) in [6, 6.07) is 13.2. The number of benzene rings is 2. The lowest BCUT2D eigenvalue weighted by Gasteiger charge is -2.10. The van der Waals surface area contributed by atoms with Crippen LogP contribution in [0, 0.1) is 0 Å². The number of carbonyl (C=O) groups excluding carboxylic acids is 1. The van der Waals surface area contributed by atoms with Gasteiger partial charge < -0.3 is 24.6 Å². The Morgan fingerprint density at radius 1 is 0.971 bits per heavy atom. The van der Waals surface area contributed by atoms with Crippen molar-refractivity contribution in [3.63, 3.8) is 0 Å². The van der Waals surface area contributed by atoms with E-state index in [0.29, 0.717) is 5.56 Å². The van der Waals surface area contributed by atoms with E-state index in [1.807, 2.05) is 5.32 Å². The zero-order chi connectivity index (χ0) is 25.2. The molecule has 13 heteroatoms. The van der Waals surface area contributed by atoms with Crippen LogP contribution in [0.25, 0.3) is 34.3 Å². The Kier molecular flexibility index (Phi) is 6.34. The smallest absolute Gasteiger partial charge is 0.422 e. The lowest BCUT2D eigenvalue weighted by molar-refractivity contribution is -0.139. The second kappa shape index (κ2) is 9.38. The van der Waals surface area contributed by atoms with E-state index < -0.39 is 53.6 Å². The zero-order valence-corrected chi connectivity index (χ0v) is 17.5. The molecule has 1 atom stereocenters. The molecule has 4 rings (SSSR count). The van der Waals surface area contributed by atoms with E-state index in [-0.39, 0.29) is 17.0 Å². The molecule has 1 amide bonds. The van der Waals surface area contributed by atoms with Crippen LogP contribution < -0.4 is 5.32 Å². The number of nitrogens with zero attached hydrogens (tertiary/aromatic N) is 3. The van der Waals surface area contributed by atoms with E-state index >= 15 is 0 Å².